The molecule has 112 valence electrons. The van der Waals surface area contributed by atoms with Crippen molar-refractivity contribution in [2.45, 2.75) is 30.4 Å². The summed E-state index contributed by atoms with van der Waals surface area (Å²) in [6.07, 6.45) is 2.06. The molecular weight excluding hydrogens is 417 g/mol. The Balaban J connectivity index is 2.15. The molecule has 21 heavy (non-hydrogen) atoms. The van der Waals surface area contributed by atoms with Crippen molar-refractivity contribution in [3.8, 4) is 0 Å². The molecule has 2 aromatic rings. The van der Waals surface area contributed by atoms with Crippen LogP contribution in [-0.4, -0.2) is 17.0 Å². The average molecular weight is 434 g/mol. The predicted octanol–water partition coefficient (Wildman–Crippen LogP) is 5.02. The average Bonchev–Trinajstić information content (AvgIpc) is 2.49. The Morgan fingerprint density at radius 3 is 2.57 bits per heavy atom. The molecule has 1 aromatic carbocycles. The molecular formula is C15H17ClIN3S. The van der Waals surface area contributed by atoms with Gasteiger partial charge in [0.15, 0.2) is 0 Å². The van der Waals surface area contributed by atoms with Gasteiger partial charge in [-0.25, -0.2) is 9.97 Å². The highest BCUT2D eigenvalue weighted by Gasteiger charge is 2.11. The maximum atomic E-state index is 5.90. The summed E-state index contributed by atoms with van der Waals surface area (Å²) in [4.78, 5) is 10.5. The summed E-state index contributed by atoms with van der Waals surface area (Å²) in [7, 11) is 1.90. The van der Waals surface area contributed by atoms with E-state index in [1.54, 1.807) is 11.8 Å². The van der Waals surface area contributed by atoms with E-state index in [9.17, 15) is 0 Å². The summed E-state index contributed by atoms with van der Waals surface area (Å²) in [5.41, 5.74) is 1.13. The third-order valence-corrected chi connectivity index (χ3v) is 5.26. The van der Waals surface area contributed by atoms with Crippen LogP contribution >= 0.6 is 46.0 Å². The van der Waals surface area contributed by atoms with Gasteiger partial charge in [0.25, 0.3) is 0 Å². The van der Waals surface area contributed by atoms with Crippen molar-refractivity contribution < 1.29 is 0 Å². The molecule has 0 aliphatic rings. The summed E-state index contributed by atoms with van der Waals surface area (Å²) in [5.74, 6) is 2.54. The van der Waals surface area contributed by atoms with E-state index in [1.165, 1.54) is 4.90 Å². The highest BCUT2D eigenvalue weighted by atomic mass is 127. The van der Waals surface area contributed by atoms with Crippen LogP contribution in [0.1, 0.15) is 24.9 Å². The Labute approximate surface area is 148 Å². The molecule has 0 bridgehead atoms. The first-order valence-electron chi connectivity index (χ1n) is 6.75. The zero-order valence-electron chi connectivity index (χ0n) is 12.0. The first-order chi connectivity index (χ1) is 10.1. The lowest BCUT2D eigenvalue weighted by Gasteiger charge is -2.10. The fourth-order valence-corrected chi connectivity index (χ4v) is 3.52. The molecule has 1 N–H and O–H groups in total. The molecule has 0 saturated heterocycles. The van der Waals surface area contributed by atoms with E-state index < -0.39 is 0 Å². The second-order valence-electron chi connectivity index (χ2n) is 4.49. The molecule has 0 spiro atoms. The van der Waals surface area contributed by atoms with Gasteiger partial charge >= 0.3 is 0 Å². The standard InChI is InChI=1S/C15H17ClIN3S/c1-3-4-12-14(17)15(18-2)20-13(19-12)9-21-11-7-5-10(16)6-8-11/h5-8H,3-4,9H2,1-2H3,(H,18,19,20). The van der Waals surface area contributed by atoms with Crippen LogP contribution in [0.25, 0.3) is 0 Å². The number of hydrogen-bond acceptors (Lipinski definition) is 4. The van der Waals surface area contributed by atoms with Crippen LogP contribution < -0.4 is 5.32 Å². The molecule has 0 amide bonds. The number of halogens is 2. The Bertz CT molecular complexity index is 605. The van der Waals surface area contributed by atoms with Crippen LogP contribution in [-0.2, 0) is 12.2 Å². The fraction of sp³-hybridized carbons (Fsp3) is 0.333. The molecule has 0 aliphatic heterocycles. The van der Waals surface area contributed by atoms with E-state index in [4.69, 9.17) is 16.6 Å². The molecule has 3 nitrogen and oxygen atoms in total. The molecule has 0 atom stereocenters. The SMILES string of the molecule is CCCc1nc(CSc2ccc(Cl)cc2)nc(NC)c1I. The third kappa shape index (κ3) is 4.72. The van der Waals surface area contributed by atoms with Gasteiger partial charge in [0.2, 0.25) is 0 Å². The van der Waals surface area contributed by atoms with Crippen molar-refractivity contribution in [3.05, 3.63) is 44.4 Å². The number of anilines is 1. The molecule has 1 heterocycles. The van der Waals surface area contributed by atoms with Gasteiger partial charge in [0.1, 0.15) is 11.6 Å². The van der Waals surface area contributed by atoms with Gasteiger partial charge in [-0.15, -0.1) is 11.8 Å². The second kappa shape index (κ2) is 8.19. The molecule has 6 heteroatoms. The van der Waals surface area contributed by atoms with Gasteiger partial charge in [0.05, 0.1) is 15.0 Å². The monoisotopic (exact) mass is 433 g/mol. The van der Waals surface area contributed by atoms with Gasteiger partial charge < -0.3 is 5.32 Å². The van der Waals surface area contributed by atoms with Crippen molar-refractivity contribution >= 4 is 51.8 Å². The zero-order valence-corrected chi connectivity index (χ0v) is 15.7. The number of nitrogens with one attached hydrogen (secondary N) is 1. The summed E-state index contributed by atoms with van der Waals surface area (Å²) in [6, 6.07) is 7.84. The lowest BCUT2D eigenvalue weighted by atomic mass is 10.2. The maximum Gasteiger partial charge on any atom is 0.143 e. The van der Waals surface area contributed by atoms with Crippen LogP contribution in [0.4, 0.5) is 5.82 Å². The van der Waals surface area contributed by atoms with E-state index in [-0.39, 0.29) is 0 Å². The molecule has 0 aliphatic carbocycles. The van der Waals surface area contributed by atoms with Crippen LogP contribution in [0.3, 0.4) is 0 Å². The fourth-order valence-electron chi connectivity index (χ4n) is 1.86. The minimum Gasteiger partial charge on any atom is -0.372 e. The smallest absolute Gasteiger partial charge is 0.143 e. The summed E-state index contributed by atoms with van der Waals surface area (Å²) in [6.45, 7) is 2.17. The zero-order chi connectivity index (χ0) is 15.2. The van der Waals surface area contributed by atoms with Crippen LogP contribution in [0.5, 0.6) is 0 Å². The van der Waals surface area contributed by atoms with E-state index >= 15 is 0 Å². The topological polar surface area (TPSA) is 37.8 Å². The highest BCUT2D eigenvalue weighted by Crippen LogP contribution is 2.26. The number of aryl methyl sites for hydroxylation is 1. The number of rotatable bonds is 6. The molecule has 2 rings (SSSR count). The van der Waals surface area contributed by atoms with Crippen molar-refractivity contribution in [1.82, 2.24) is 9.97 Å². The van der Waals surface area contributed by atoms with Gasteiger partial charge in [-0.3, -0.25) is 0 Å². The molecule has 0 fully saturated rings. The Hall–Kier alpha value is -0.530. The number of aromatic nitrogens is 2. The number of benzene rings is 1. The minimum atomic E-state index is 0.754. The summed E-state index contributed by atoms with van der Waals surface area (Å²) >= 11 is 9.93. The Morgan fingerprint density at radius 1 is 1.24 bits per heavy atom. The van der Waals surface area contributed by atoms with E-state index in [0.717, 1.165) is 44.5 Å². The van der Waals surface area contributed by atoms with Crippen LogP contribution in [0.2, 0.25) is 5.02 Å². The van der Waals surface area contributed by atoms with Gasteiger partial charge in [-0.05, 0) is 53.3 Å². The van der Waals surface area contributed by atoms with Crippen LogP contribution in [0.15, 0.2) is 29.2 Å². The molecule has 0 radical (unpaired) electrons. The quantitative estimate of drug-likeness (QED) is 0.513. The highest BCUT2D eigenvalue weighted by molar-refractivity contribution is 14.1. The molecule has 0 unspecified atom stereocenters. The summed E-state index contributed by atoms with van der Waals surface area (Å²) < 4.78 is 1.12. The number of thioether (sulfide) groups is 1. The maximum absolute atomic E-state index is 5.90. The first kappa shape index (κ1) is 16.8. The van der Waals surface area contributed by atoms with Crippen molar-refractivity contribution in [1.29, 1.82) is 0 Å². The van der Waals surface area contributed by atoms with E-state index in [1.807, 2.05) is 31.3 Å². The van der Waals surface area contributed by atoms with E-state index in [2.05, 4.69) is 39.8 Å². The predicted molar refractivity (Wildman–Crippen MR) is 99.3 cm³/mol. The Kier molecular flexibility index (Phi) is 6.57. The van der Waals surface area contributed by atoms with Gasteiger partial charge in [-0.1, -0.05) is 24.9 Å². The van der Waals surface area contributed by atoms with Gasteiger partial charge in [0, 0.05) is 17.0 Å². The third-order valence-electron chi connectivity index (χ3n) is 2.87. The number of hydrogen-bond donors (Lipinski definition) is 1. The van der Waals surface area contributed by atoms with Crippen molar-refractivity contribution in [2.75, 3.05) is 12.4 Å². The van der Waals surface area contributed by atoms with Crippen molar-refractivity contribution in [3.63, 3.8) is 0 Å². The largest absolute Gasteiger partial charge is 0.372 e. The van der Waals surface area contributed by atoms with Crippen LogP contribution in [0, 0.1) is 3.57 Å². The minimum absolute atomic E-state index is 0.754. The van der Waals surface area contributed by atoms with E-state index in [0.29, 0.717) is 0 Å². The molecule has 1 aromatic heterocycles. The van der Waals surface area contributed by atoms with Gasteiger partial charge in [-0.2, -0.15) is 0 Å². The lowest BCUT2D eigenvalue weighted by molar-refractivity contribution is 0.846. The van der Waals surface area contributed by atoms with Crippen molar-refractivity contribution in [2.24, 2.45) is 0 Å². The normalized spacial score (nSPS) is 10.7. The first-order valence-corrected chi connectivity index (χ1v) is 9.19. The number of nitrogens with zero attached hydrogens (tertiary/aromatic N) is 2. The molecule has 0 saturated carbocycles. The summed E-state index contributed by atoms with van der Waals surface area (Å²) in [5, 5.41) is 3.91. The second-order valence-corrected chi connectivity index (χ2v) is 7.06. The lowest BCUT2D eigenvalue weighted by Crippen LogP contribution is -2.07. The Morgan fingerprint density at radius 2 is 1.95 bits per heavy atom.